The van der Waals surface area contributed by atoms with Gasteiger partial charge in [-0.2, -0.15) is 0 Å². The molecule has 0 radical (unpaired) electrons. The second kappa shape index (κ2) is 10.3. The van der Waals surface area contributed by atoms with Gasteiger partial charge in [0.15, 0.2) is 0 Å². The first-order valence-corrected chi connectivity index (χ1v) is 10.6. The molecule has 4 rings (SSSR count). The Balaban J connectivity index is 1.40. The highest BCUT2D eigenvalue weighted by atomic mass is 19.1. The Kier molecular flexibility index (Phi) is 7.07. The molecule has 31 heavy (non-hydrogen) atoms. The van der Waals surface area contributed by atoms with Crippen LogP contribution in [0, 0.1) is 5.82 Å². The third-order valence-corrected chi connectivity index (χ3v) is 5.41. The molecule has 5 heteroatoms. The maximum absolute atomic E-state index is 14.1. The second-order valence-electron chi connectivity index (χ2n) is 7.97. The van der Waals surface area contributed by atoms with Crippen molar-refractivity contribution in [3.05, 3.63) is 107 Å². The van der Waals surface area contributed by atoms with Gasteiger partial charge in [-0.3, -0.25) is 4.90 Å². The molecule has 0 bridgehead atoms. The molecule has 1 aliphatic heterocycles. The Morgan fingerprint density at radius 1 is 0.935 bits per heavy atom. The lowest BCUT2D eigenvalue weighted by atomic mass is 10.0. The van der Waals surface area contributed by atoms with Crippen LogP contribution < -0.4 is 0 Å². The van der Waals surface area contributed by atoms with Crippen molar-refractivity contribution in [1.29, 1.82) is 0 Å². The van der Waals surface area contributed by atoms with E-state index in [1.165, 1.54) is 11.6 Å². The first kappa shape index (κ1) is 21.2. The summed E-state index contributed by atoms with van der Waals surface area (Å²) in [6.07, 6.45) is 0.456. The van der Waals surface area contributed by atoms with E-state index >= 15 is 0 Å². The second-order valence-corrected chi connectivity index (χ2v) is 7.97. The quantitative estimate of drug-likeness (QED) is 0.559. The molecule has 0 fully saturated rings. The number of rotatable bonds is 9. The van der Waals surface area contributed by atoms with Crippen LogP contribution in [0.2, 0.25) is 0 Å². The van der Waals surface area contributed by atoms with Gasteiger partial charge in [0.2, 0.25) is 0 Å². The topological polar surface area (TPSA) is 45.1 Å². The van der Waals surface area contributed by atoms with Crippen LogP contribution in [0.1, 0.15) is 23.1 Å². The largest absolute Gasteiger partial charge is 0.391 e. The normalized spacial score (nSPS) is 16.7. The summed E-state index contributed by atoms with van der Waals surface area (Å²) in [7, 11) is 0. The summed E-state index contributed by atoms with van der Waals surface area (Å²) in [6.45, 7) is 1.81. The zero-order chi connectivity index (χ0) is 21.5. The molecule has 0 spiro atoms. The molecule has 2 atom stereocenters. The van der Waals surface area contributed by atoms with Crippen molar-refractivity contribution >= 4 is 5.71 Å². The molecule has 0 unspecified atom stereocenters. The number of oxime groups is 1. The Morgan fingerprint density at radius 2 is 1.58 bits per heavy atom. The molecule has 0 aromatic heterocycles. The highest BCUT2D eigenvalue weighted by Gasteiger charge is 2.27. The van der Waals surface area contributed by atoms with Crippen molar-refractivity contribution in [2.45, 2.75) is 31.6 Å². The fraction of sp³-hybridized carbons (Fsp3) is 0.269. The molecule has 0 saturated carbocycles. The number of aliphatic hydroxyl groups excluding tert-OH is 1. The van der Waals surface area contributed by atoms with E-state index in [4.69, 9.17) is 4.84 Å². The Hall–Kier alpha value is -3.02. The van der Waals surface area contributed by atoms with Crippen LogP contribution in [0.25, 0.3) is 0 Å². The zero-order valence-electron chi connectivity index (χ0n) is 17.4. The van der Waals surface area contributed by atoms with Crippen LogP contribution in [0.4, 0.5) is 4.39 Å². The summed E-state index contributed by atoms with van der Waals surface area (Å²) in [4.78, 5) is 7.83. The third-order valence-electron chi connectivity index (χ3n) is 5.41. The van der Waals surface area contributed by atoms with Crippen LogP contribution in [0.5, 0.6) is 0 Å². The van der Waals surface area contributed by atoms with E-state index in [0.717, 1.165) is 5.56 Å². The number of benzene rings is 3. The van der Waals surface area contributed by atoms with Gasteiger partial charge >= 0.3 is 0 Å². The van der Waals surface area contributed by atoms with Gasteiger partial charge in [0.1, 0.15) is 11.9 Å². The molecular weight excluding hydrogens is 391 g/mol. The maximum Gasteiger partial charge on any atom is 0.145 e. The predicted octanol–water partition coefficient (Wildman–Crippen LogP) is 4.42. The van der Waals surface area contributed by atoms with E-state index in [-0.39, 0.29) is 11.9 Å². The van der Waals surface area contributed by atoms with Crippen LogP contribution in [-0.4, -0.2) is 41.0 Å². The average molecular weight is 419 g/mol. The number of hydrogen-bond acceptors (Lipinski definition) is 4. The molecule has 160 valence electrons. The SMILES string of the molecule is O[C@@H](Cc1ccccc1)CN(Cc1ccccc1)C[C@@H]1CC(c2ccccc2F)=NO1. The van der Waals surface area contributed by atoms with Gasteiger partial charge in [0, 0.05) is 31.6 Å². The summed E-state index contributed by atoms with van der Waals surface area (Å²) in [5.74, 6) is -0.287. The predicted molar refractivity (Wildman–Crippen MR) is 120 cm³/mol. The van der Waals surface area contributed by atoms with Crippen LogP contribution in [-0.2, 0) is 17.8 Å². The van der Waals surface area contributed by atoms with E-state index in [1.807, 2.05) is 48.5 Å². The first-order chi connectivity index (χ1) is 15.2. The lowest BCUT2D eigenvalue weighted by Gasteiger charge is -2.27. The van der Waals surface area contributed by atoms with Crippen molar-refractivity contribution < 1.29 is 14.3 Å². The molecule has 3 aromatic rings. The third kappa shape index (κ3) is 6.00. The van der Waals surface area contributed by atoms with Crippen molar-refractivity contribution in [1.82, 2.24) is 4.90 Å². The fourth-order valence-electron chi connectivity index (χ4n) is 3.96. The average Bonchev–Trinajstić information content (AvgIpc) is 3.23. The number of nitrogens with zero attached hydrogens (tertiary/aromatic N) is 2. The van der Waals surface area contributed by atoms with Crippen molar-refractivity contribution in [2.75, 3.05) is 13.1 Å². The molecule has 4 nitrogen and oxygen atoms in total. The van der Waals surface area contributed by atoms with Gasteiger partial charge in [-0.25, -0.2) is 4.39 Å². The molecule has 1 N–H and O–H groups in total. The number of aliphatic hydroxyl groups is 1. The van der Waals surface area contributed by atoms with Crippen LogP contribution >= 0.6 is 0 Å². The molecule has 0 aliphatic carbocycles. The van der Waals surface area contributed by atoms with Gasteiger partial charge in [0.05, 0.1) is 11.8 Å². The summed E-state index contributed by atoms with van der Waals surface area (Å²) in [5, 5.41) is 14.9. The Bertz CT molecular complexity index is 995. The minimum Gasteiger partial charge on any atom is -0.391 e. The summed E-state index contributed by atoms with van der Waals surface area (Å²) in [6, 6.07) is 26.8. The molecule has 3 aromatic carbocycles. The van der Waals surface area contributed by atoms with Gasteiger partial charge < -0.3 is 9.94 Å². The first-order valence-electron chi connectivity index (χ1n) is 10.6. The highest BCUT2D eigenvalue weighted by molar-refractivity contribution is 6.01. The standard InChI is InChI=1S/C26H27FN2O2/c27-25-14-8-7-13-24(25)26-16-23(31-28-26)19-29(17-21-11-5-2-6-12-21)18-22(30)15-20-9-3-1-4-10-20/h1-14,22-23,30H,15-19H2/t22-,23-/m0/s1. The van der Waals surface area contributed by atoms with Gasteiger partial charge in [-0.15, -0.1) is 0 Å². The number of hydrogen-bond donors (Lipinski definition) is 1. The highest BCUT2D eigenvalue weighted by Crippen LogP contribution is 2.21. The minimum absolute atomic E-state index is 0.178. The van der Waals surface area contributed by atoms with E-state index in [9.17, 15) is 9.50 Å². The van der Waals surface area contributed by atoms with Gasteiger partial charge in [0.25, 0.3) is 0 Å². The van der Waals surface area contributed by atoms with Crippen molar-refractivity contribution in [3.8, 4) is 0 Å². The number of halogens is 1. The Labute approximate surface area is 182 Å². The molecular formula is C26H27FN2O2. The molecule has 0 amide bonds. The van der Waals surface area contributed by atoms with Crippen molar-refractivity contribution in [3.63, 3.8) is 0 Å². The smallest absolute Gasteiger partial charge is 0.145 e. The zero-order valence-corrected chi connectivity index (χ0v) is 17.4. The van der Waals surface area contributed by atoms with E-state index < -0.39 is 6.10 Å². The summed E-state index contributed by atoms with van der Waals surface area (Å²) in [5.41, 5.74) is 3.40. The fourth-order valence-corrected chi connectivity index (χ4v) is 3.96. The lowest BCUT2D eigenvalue weighted by molar-refractivity contribution is 0.0322. The van der Waals surface area contributed by atoms with Gasteiger partial charge in [-0.05, 0) is 23.6 Å². The van der Waals surface area contributed by atoms with E-state index in [1.54, 1.807) is 18.2 Å². The van der Waals surface area contributed by atoms with Crippen LogP contribution in [0.3, 0.4) is 0 Å². The molecule has 1 aliphatic rings. The Morgan fingerprint density at radius 3 is 2.29 bits per heavy atom. The summed E-state index contributed by atoms with van der Waals surface area (Å²) >= 11 is 0. The monoisotopic (exact) mass is 418 g/mol. The minimum atomic E-state index is -0.500. The lowest BCUT2D eigenvalue weighted by Crippen LogP contribution is -2.38. The molecule has 0 saturated heterocycles. The van der Waals surface area contributed by atoms with Crippen molar-refractivity contribution in [2.24, 2.45) is 5.16 Å². The van der Waals surface area contributed by atoms with E-state index in [2.05, 4.69) is 22.2 Å². The van der Waals surface area contributed by atoms with E-state index in [0.29, 0.717) is 43.8 Å². The van der Waals surface area contributed by atoms with Gasteiger partial charge in [-0.1, -0.05) is 84.0 Å². The molecule has 1 heterocycles. The summed E-state index contributed by atoms with van der Waals surface area (Å²) < 4.78 is 14.1. The maximum atomic E-state index is 14.1. The van der Waals surface area contributed by atoms with Crippen LogP contribution in [0.15, 0.2) is 90.1 Å².